The Morgan fingerprint density at radius 3 is 1.71 bits per heavy atom. The van der Waals surface area contributed by atoms with Crippen LogP contribution in [0.5, 0.6) is 0 Å². The van der Waals surface area contributed by atoms with Gasteiger partial charge < -0.3 is 0 Å². The van der Waals surface area contributed by atoms with Crippen LogP contribution in [0, 0.1) is 23.5 Å². The summed E-state index contributed by atoms with van der Waals surface area (Å²) in [6, 6.07) is 15.0. The maximum atomic E-state index is 14.4. The van der Waals surface area contributed by atoms with Crippen molar-refractivity contribution in [3.63, 3.8) is 0 Å². The molecule has 2 aliphatic carbocycles. The molecule has 8 heteroatoms. The van der Waals surface area contributed by atoms with Crippen LogP contribution >= 0.6 is 0 Å². The van der Waals surface area contributed by atoms with Crippen molar-refractivity contribution in [2.45, 2.75) is 95.4 Å². The summed E-state index contributed by atoms with van der Waals surface area (Å²) in [6.07, 6.45) is -1.15. The molecule has 0 saturated heterocycles. The minimum Gasteiger partial charge on any atom is -0.222 e. The molecule has 0 radical (unpaired) electrons. The molecular formula is C33H35F7O. The molecular weight excluding hydrogens is 545 g/mol. The first-order valence-corrected chi connectivity index (χ1v) is 14.6. The molecule has 2 fully saturated rings. The summed E-state index contributed by atoms with van der Waals surface area (Å²) in [5.74, 6) is -2.08. The lowest BCUT2D eigenvalue weighted by Crippen LogP contribution is -2.30. The molecule has 0 N–H and O–H groups in total. The van der Waals surface area contributed by atoms with Crippen LogP contribution in [0.4, 0.5) is 30.7 Å². The lowest BCUT2D eigenvalue weighted by atomic mass is 9.67. The number of hydrogen-bond donors (Lipinski definition) is 0. The molecule has 3 aromatic rings. The van der Waals surface area contributed by atoms with Crippen LogP contribution in [-0.2, 0) is 17.3 Å². The average molecular weight is 581 g/mol. The molecule has 0 heterocycles. The molecule has 0 atom stereocenters. The van der Waals surface area contributed by atoms with Crippen LogP contribution in [0.2, 0.25) is 0 Å². The second kappa shape index (κ2) is 11.9. The molecule has 0 aliphatic heterocycles. The topological polar surface area (TPSA) is 9.23 Å². The number of hydrogen-bond acceptors (Lipinski definition) is 1. The summed E-state index contributed by atoms with van der Waals surface area (Å²) in [6.45, 7) is 2.19. The monoisotopic (exact) mass is 580 g/mol. The molecule has 0 aromatic heterocycles. The number of aryl methyl sites for hydroxylation is 1. The van der Waals surface area contributed by atoms with Crippen molar-refractivity contribution in [2.24, 2.45) is 11.8 Å². The fraction of sp³-hybridized carbons (Fsp3) is 0.515. The number of fused-ring (bicyclic) bond motifs is 1. The smallest absolute Gasteiger partial charge is 0.222 e. The van der Waals surface area contributed by atoms with Gasteiger partial charge in [0.25, 0.3) is 0 Å². The van der Waals surface area contributed by atoms with Crippen molar-refractivity contribution >= 4 is 10.8 Å². The lowest BCUT2D eigenvalue weighted by Gasteiger charge is -2.38. The van der Waals surface area contributed by atoms with Gasteiger partial charge in [0.05, 0.1) is 0 Å². The summed E-state index contributed by atoms with van der Waals surface area (Å²) in [4.78, 5) is 0. The zero-order valence-corrected chi connectivity index (χ0v) is 23.1. The van der Waals surface area contributed by atoms with E-state index in [2.05, 4.69) is 48.1 Å². The van der Waals surface area contributed by atoms with E-state index in [0.717, 1.165) is 63.5 Å². The summed E-state index contributed by atoms with van der Waals surface area (Å²) < 4.78 is 96.2. The van der Waals surface area contributed by atoms with Crippen LogP contribution in [0.25, 0.3) is 10.8 Å². The van der Waals surface area contributed by atoms with E-state index >= 15 is 0 Å². The second-order valence-corrected chi connectivity index (χ2v) is 11.8. The predicted octanol–water partition coefficient (Wildman–Crippen LogP) is 10.9. The maximum absolute atomic E-state index is 14.4. The van der Waals surface area contributed by atoms with E-state index in [1.165, 1.54) is 21.9 Å². The van der Waals surface area contributed by atoms with Gasteiger partial charge in [-0.1, -0.05) is 49.7 Å². The largest absolute Gasteiger partial charge is 0.527 e. The minimum atomic E-state index is -5.74. The zero-order chi connectivity index (χ0) is 29.4. The van der Waals surface area contributed by atoms with E-state index in [-0.39, 0.29) is 11.5 Å². The summed E-state index contributed by atoms with van der Waals surface area (Å²) >= 11 is 0. The highest BCUT2D eigenvalue weighted by Gasteiger charge is 2.49. The third kappa shape index (κ3) is 6.90. The predicted molar refractivity (Wildman–Crippen MR) is 145 cm³/mol. The number of alkyl halides is 5. The van der Waals surface area contributed by atoms with Crippen molar-refractivity contribution in [2.75, 3.05) is 0 Å². The Morgan fingerprint density at radius 1 is 0.659 bits per heavy atom. The molecule has 0 amide bonds. The highest BCUT2D eigenvalue weighted by Crippen LogP contribution is 2.47. The van der Waals surface area contributed by atoms with Crippen LogP contribution in [-0.4, -0.2) is 6.36 Å². The van der Waals surface area contributed by atoms with Gasteiger partial charge in [0.1, 0.15) is 17.2 Å². The van der Waals surface area contributed by atoms with Crippen LogP contribution in [0.3, 0.4) is 0 Å². The highest BCUT2D eigenvalue weighted by molar-refractivity contribution is 5.84. The second-order valence-electron chi connectivity index (χ2n) is 11.8. The third-order valence-corrected chi connectivity index (χ3v) is 9.22. The Bertz CT molecular complexity index is 1330. The van der Waals surface area contributed by atoms with Crippen molar-refractivity contribution in [3.05, 3.63) is 82.4 Å². The fourth-order valence-corrected chi connectivity index (χ4v) is 7.16. The van der Waals surface area contributed by atoms with Gasteiger partial charge in [-0.3, -0.25) is 0 Å². The number of benzene rings is 3. The van der Waals surface area contributed by atoms with E-state index in [4.69, 9.17) is 0 Å². The summed E-state index contributed by atoms with van der Waals surface area (Å²) in [7, 11) is 0. The molecule has 2 saturated carbocycles. The van der Waals surface area contributed by atoms with Crippen LogP contribution in [0.1, 0.15) is 98.8 Å². The van der Waals surface area contributed by atoms with Crippen molar-refractivity contribution in [1.29, 1.82) is 0 Å². The van der Waals surface area contributed by atoms with Crippen LogP contribution < -0.4 is 0 Å². The normalized spacial score (nSPS) is 24.1. The molecule has 0 unspecified atom stereocenters. The zero-order valence-electron chi connectivity index (χ0n) is 23.1. The van der Waals surface area contributed by atoms with E-state index in [1.807, 2.05) is 0 Å². The number of halogens is 7. The van der Waals surface area contributed by atoms with E-state index in [0.29, 0.717) is 30.6 Å². The van der Waals surface area contributed by atoms with Gasteiger partial charge in [-0.05, 0) is 121 Å². The Balaban J connectivity index is 1.16. The summed E-state index contributed by atoms with van der Waals surface area (Å²) in [5, 5.41) is 2.56. The van der Waals surface area contributed by atoms with Gasteiger partial charge in [-0.15, -0.1) is 13.2 Å². The Labute approximate surface area is 236 Å². The fourth-order valence-electron chi connectivity index (χ4n) is 7.16. The highest BCUT2D eigenvalue weighted by atomic mass is 19.4. The van der Waals surface area contributed by atoms with Crippen molar-refractivity contribution in [3.8, 4) is 0 Å². The van der Waals surface area contributed by atoms with E-state index in [9.17, 15) is 30.7 Å². The Kier molecular flexibility index (Phi) is 8.70. The standard InChI is InChI=1S/C33H35F7O/c1-2-3-20-4-5-27-17-26(15-14-25(27)16-20)23-10-6-21(7-11-23)22-8-12-24(13-9-22)28-18-29(34)31(30(35)19-28)32(36,37)41-33(38,39)40/h4-5,14-19,21-24H,2-3,6-13H2,1H3. The molecule has 41 heavy (non-hydrogen) atoms. The van der Waals surface area contributed by atoms with Gasteiger partial charge in [0, 0.05) is 0 Å². The van der Waals surface area contributed by atoms with Crippen molar-refractivity contribution in [1.82, 2.24) is 0 Å². The molecule has 2 aliphatic rings. The van der Waals surface area contributed by atoms with Crippen molar-refractivity contribution < 1.29 is 35.5 Å². The summed E-state index contributed by atoms with van der Waals surface area (Å²) in [5.41, 5.74) is 0.942. The molecule has 1 nitrogen and oxygen atoms in total. The van der Waals surface area contributed by atoms with E-state index in [1.54, 1.807) is 0 Å². The first kappa shape index (κ1) is 29.9. The lowest BCUT2D eigenvalue weighted by molar-refractivity contribution is -0.432. The average Bonchev–Trinajstić information content (AvgIpc) is 2.91. The maximum Gasteiger partial charge on any atom is 0.527 e. The number of rotatable bonds is 7. The Hall–Kier alpha value is -2.61. The molecule has 5 rings (SSSR count). The van der Waals surface area contributed by atoms with Gasteiger partial charge in [-0.2, -0.15) is 8.78 Å². The molecule has 0 spiro atoms. The van der Waals surface area contributed by atoms with Gasteiger partial charge >= 0.3 is 12.5 Å². The minimum absolute atomic E-state index is 0.201. The molecule has 0 bridgehead atoms. The van der Waals surface area contributed by atoms with Gasteiger partial charge in [0.15, 0.2) is 0 Å². The van der Waals surface area contributed by atoms with E-state index < -0.39 is 29.7 Å². The molecule has 222 valence electrons. The molecule has 3 aromatic carbocycles. The Morgan fingerprint density at radius 2 is 1.17 bits per heavy atom. The first-order chi connectivity index (χ1) is 19.4. The number of ether oxygens (including phenoxy) is 1. The SMILES string of the molecule is CCCc1ccc2cc(C3CCC(C4CCC(c5cc(F)c(C(F)(F)OC(F)(F)F)c(F)c5)CC4)CC3)ccc2c1. The van der Waals surface area contributed by atoms with Crippen LogP contribution in [0.15, 0.2) is 48.5 Å². The van der Waals surface area contributed by atoms with Gasteiger partial charge in [0.2, 0.25) is 0 Å². The third-order valence-electron chi connectivity index (χ3n) is 9.22. The first-order valence-electron chi connectivity index (χ1n) is 14.6. The van der Waals surface area contributed by atoms with Gasteiger partial charge in [-0.25, -0.2) is 13.5 Å². The quantitative estimate of drug-likeness (QED) is 0.253.